The van der Waals surface area contributed by atoms with Gasteiger partial charge in [0.2, 0.25) is 5.91 Å². The number of piperidine rings is 1. The smallest absolute Gasteiger partial charge is 0.224 e. The van der Waals surface area contributed by atoms with Crippen LogP contribution in [-0.4, -0.2) is 54.5 Å². The lowest BCUT2D eigenvalue weighted by Gasteiger charge is -2.36. The van der Waals surface area contributed by atoms with Crippen LogP contribution in [0.1, 0.15) is 33.1 Å². The fourth-order valence-electron chi connectivity index (χ4n) is 2.25. The number of carbonyl (C=O) groups is 1. The second-order valence-corrected chi connectivity index (χ2v) is 4.85. The molecule has 1 heterocycles. The summed E-state index contributed by atoms with van der Waals surface area (Å²) in [6.45, 7) is 7.40. The second kappa shape index (κ2) is 9.84. The Morgan fingerprint density at radius 2 is 1.89 bits per heavy atom. The van der Waals surface area contributed by atoms with Crippen LogP contribution in [0.2, 0.25) is 0 Å². The zero-order valence-electron chi connectivity index (χ0n) is 11.6. The molecule has 0 spiro atoms. The van der Waals surface area contributed by atoms with Crippen molar-refractivity contribution in [3.05, 3.63) is 0 Å². The van der Waals surface area contributed by atoms with Gasteiger partial charge in [-0.05, 0) is 26.3 Å². The van der Waals surface area contributed by atoms with Gasteiger partial charge in [0.15, 0.2) is 0 Å². The third kappa shape index (κ3) is 6.23. The highest BCUT2D eigenvalue weighted by Gasteiger charge is 2.24. The molecule has 0 aromatic rings. The zero-order chi connectivity index (χ0) is 12.1. The molecule has 0 aliphatic carbocycles. The first-order valence-electron chi connectivity index (χ1n) is 6.28. The summed E-state index contributed by atoms with van der Waals surface area (Å²) in [5.41, 5.74) is 5.65. The summed E-state index contributed by atoms with van der Waals surface area (Å²) in [6, 6.07) is 0.375. The minimum absolute atomic E-state index is 0. The minimum Gasteiger partial charge on any atom is -0.343 e. The molecule has 4 nitrogen and oxygen atoms in total. The Labute approximate surface area is 123 Å². The number of rotatable bonds is 4. The maximum atomic E-state index is 11.8. The number of nitrogens with two attached hydrogens (primary N) is 1. The van der Waals surface area contributed by atoms with Crippen LogP contribution in [0.5, 0.6) is 0 Å². The van der Waals surface area contributed by atoms with Crippen LogP contribution in [0.15, 0.2) is 0 Å². The van der Waals surface area contributed by atoms with Crippen LogP contribution in [0.3, 0.4) is 0 Å². The molecule has 1 rings (SSSR count). The lowest BCUT2D eigenvalue weighted by atomic mass is 10.0. The molecule has 0 aromatic heterocycles. The van der Waals surface area contributed by atoms with Gasteiger partial charge in [-0.15, -0.1) is 24.8 Å². The van der Waals surface area contributed by atoms with Crippen molar-refractivity contribution in [1.29, 1.82) is 0 Å². The highest BCUT2D eigenvalue weighted by Crippen LogP contribution is 2.15. The summed E-state index contributed by atoms with van der Waals surface area (Å²) in [6.07, 6.45) is 2.65. The Balaban J connectivity index is 0. The SMILES string of the molecule is CCN1CCC(N(C)C(=O)CC(C)N)CC1.Cl.Cl. The van der Waals surface area contributed by atoms with Gasteiger partial charge in [0, 0.05) is 38.6 Å². The van der Waals surface area contributed by atoms with Gasteiger partial charge >= 0.3 is 0 Å². The third-order valence-electron chi connectivity index (χ3n) is 3.44. The molecule has 1 fully saturated rings. The van der Waals surface area contributed by atoms with E-state index in [4.69, 9.17) is 5.73 Å². The second-order valence-electron chi connectivity index (χ2n) is 4.85. The first kappa shape index (κ1) is 20.3. The number of hydrogen-bond donors (Lipinski definition) is 1. The number of carbonyl (C=O) groups excluding carboxylic acids is 1. The fraction of sp³-hybridized carbons (Fsp3) is 0.917. The molecule has 1 atom stereocenters. The average molecular weight is 300 g/mol. The molecule has 1 saturated heterocycles. The van der Waals surface area contributed by atoms with Crippen molar-refractivity contribution < 1.29 is 4.79 Å². The number of amides is 1. The van der Waals surface area contributed by atoms with Gasteiger partial charge < -0.3 is 15.5 Å². The maximum Gasteiger partial charge on any atom is 0.224 e. The first-order chi connectivity index (χ1) is 7.54. The van der Waals surface area contributed by atoms with Crippen molar-refractivity contribution in [2.24, 2.45) is 5.73 Å². The largest absolute Gasteiger partial charge is 0.343 e. The van der Waals surface area contributed by atoms with Gasteiger partial charge in [-0.25, -0.2) is 0 Å². The van der Waals surface area contributed by atoms with Crippen molar-refractivity contribution >= 4 is 30.7 Å². The Kier molecular flexibility index (Phi) is 11.1. The normalized spacial score (nSPS) is 18.4. The summed E-state index contributed by atoms with van der Waals surface area (Å²) in [5, 5.41) is 0. The van der Waals surface area contributed by atoms with Crippen LogP contribution >= 0.6 is 24.8 Å². The van der Waals surface area contributed by atoms with E-state index in [0.29, 0.717) is 12.5 Å². The Bertz CT molecular complexity index is 231. The van der Waals surface area contributed by atoms with Crippen molar-refractivity contribution in [3.63, 3.8) is 0 Å². The monoisotopic (exact) mass is 299 g/mol. The van der Waals surface area contributed by atoms with Gasteiger partial charge in [0.25, 0.3) is 0 Å². The van der Waals surface area contributed by atoms with Gasteiger partial charge in [0.05, 0.1) is 0 Å². The molecule has 0 radical (unpaired) electrons. The van der Waals surface area contributed by atoms with Gasteiger partial charge in [-0.1, -0.05) is 6.92 Å². The molecule has 1 unspecified atom stereocenters. The molecule has 18 heavy (non-hydrogen) atoms. The quantitative estimate of drug-likeness (QED) is 0.856. The van der Waals surface area contributed by atoms with E-state index < -0.39 is 0 Å². The van der Waals surface area contributed by atoms with Crippen LogP contribution < -0.4 is 5.73 Å². The molecule has 1 aliphatic rings. The molecule has 110 valence electrons. The summed E-state index contributed by atoms with van der Waals surface area (Å²) in [5.74, 6) is 0.185. The zero-order valence-corrected chi connectivity index (χ0v) is 13.2. The first-order valence-corrected chi connectivity index (χ1v) is 6.28. The molecule has 0 saturated carbocycles. The fourth-order valence-corrected chi connectivity index (χ4v) is 2.25. The summed E-state index contributed by atoms with van der Waals surface area (Å²) in [4.78, 5) is 16.2. The lowest BCUT2D eigenvalue weighted by Crippen LogP contribution is -2.46. The average Bonchev–Trinajstić information content (AvgIpc) is 2.27. The summed E-state index contributed by atoms with van der Waals surface area (Å²) in [7, 11) is 1.91. The predicted molar refractivity (Wildman–Crippen MR) is 80.7 cm³/mol. The Morgan fingerprint density at radius 3 is 2.28 bits per heavy atom. The van der Waals surface area contributed by atoms with Crippen molar-refractivity contribution in [2.75, 3.05) is 26.7 Å². The Hall–Kier alpha value is -0.0300. The topological polar surface area (TPSA) is 49.6 Å². The molecular weight excluding hydrogens is 273 g/mol. The van der Waals surface area contributed by atoms with Crippen LogP contribution in [-0.2, 0) is 4.79 Å². The van der Waals surface area contributed by atoms with Crippen molar-refractivity contribution in [1.82, 2.24) is 9.80 Å². The summed E-state index contributed by atoms with van der Waals surface area (Å²) >= 11 is 0. The molecule has 2 N–H and O–H groups in total. The van der Waals surface area contributed by atoms with Crippen LogP contribution in [0, 0.1) is 0 Å². The molecule has 1 amide bonds. The van der Waals surface area contributed by atoms with E-state index in [0.717, 1.165) is 32.5 Å². The number of hydrogen-bond acceptors (Lipinski definition) is 3. The van der Waals surface area contributed by atoms with E-state index in [-0.39, 0.29) is 36.8 Å². The molecular formula is C12H27Cl2N3O. The van der Waals surface area contributed by atoms with E-state index in [1.165, 1.54) is 0 Å². The van der Waals surface area contributed by atoms with E-state index in [1.54, 1.807) is 0 Å². The highest BCUT2D eigenvalue weighted by atomic mass is 35.5. The van der Waals surface area contributed by atoms with Crippen molar-refractivity contribution in [2.45, 2.75) is 45.2 Å². The third-order valence-corrected chi connectivity index (χ3v) is 3.44. The van der Waals surface area contributed by atoms with Gasteiger partial charge in [-0.3, -0.25) is 4.79 Å². The molecule has 0 bridgehead atoms. The van der Waals surface area contributed by atoms with Crippen LogP contribution in [0.4, 0.5) is 0 Å². The number of nitrogens with zero attached hydrogens (tertiary/aromatic N) is 2. The van der Waals surface area contributed by atoms with Gasteiger partial charge in [0.1, 0.15) is 0 Å². The van der Waals surface area contributed by atoms with E-state index >= 15 is 0 Å². The Morgan fingerprint density at radius 1 is 1.39 bits per heavy atom. The van der Waals surface area contributed by atoms with Crippen molar-refractivity contribution in [3.8, 4) is 0 Å². The molecule has 1 aliphatic heterocycles. The number of halogens is 2. The van der Waals surface area contributed by atoms with E-state index in [2.05, 4.69) is 11.8 Å². The van der Waals surface area contributed by atoms with Crippen LogP contribution in [0.25, 0.3) is 0 Å². The molecule has 6 heteroatoms. The summed E-state index contributed by atoms with van der Waals surface area (Å²) < 4.78 is 0. The lowest BCUT2D eigenvalue weighted by molar-refractivity contribution is -0.133. The van der Waals surface area contributed by atoms with Gasteiger partial charge in [-0.2, -0.15) is 0 Å². The number of likely N-dealkylation sites (tertiary alicyclic amines) is 1. The van der Waals surface area contributed by atoms with E-state index in [9.17, 15) is 4.79 Å². The predicted octanol–water partition coefficient (Wildman–Crippen LogP) is 1.51. The van der Waals surface area contributed by atoms with E-state index in [1.807, 2.05) is 18.9 Å². The minimum atomic E-state index is -0.0364. The highest BCUT2D eigenvalue weighted by molar-refractivity contribution is 5.85. The maximum absolute atomic E-state index is 11.8. The molecule has 0 aromatic carbocycles. The standard InChI is InChI=1S/C12H25N3O.2ClH/c1-4-15-7-5-11(6-8-15)14(3)12(16)9-10(2)13;;/h10-11H,4-9,13H2,1-3H3;2*1H.